The molecule has 0 aliphatic rings. The Labute approximate surface area is 120 Å². The Bertz CT molecular complexity index is 576. The SMILES string of the molecule is Cc1noc(C)c1CSCC(=O)Nc1ccc(F)cc1. The zero-order valence-corrected chi connectivity index (χ0v) is 12.1. The van der Waals surface area contributed by atoms with Crippen LogP contribution >= 0.6 is 11.8 Å². The van der Waals surface area contributed by atoms with E-state index in [1.807, 2.05) is 13.8 Å². The predicted octanol–water partition coefficient (Wildman–Crippen LogP) is 3.30. The first-order valence-corrected chi connectivity index (χ1v) is 7.26. The molecule has 106 valence electrons. The molecule has 0 radical (unpaired) electrons. The first-order chi connectivity index (χ1) is 9.56. The first kappa shape index (κ1) is 14.6. The minimum Gasteiger partial charge on any atom is -0.361 e. The minimum atomic E-state index is -0.323. The van der Waals surface area contributed by atoms with Crippen LogP contribution in [0.4, 0.5) is 10.1 Å². The summed E-state index contributed by atoms with van der Waals surface area (Å²) in [7, 11) is 0. The average Bonchev–Trinajstić information content (AvgIpc) is 2.73. The molecule has 0 fully saturated rings. The van der Waals surface area contributed by atoms with Gasteiger partial charge in [0.2, 0.25) is 5.91 Å². The third kappa shape index (κ3) is 3.84. The summed E-state index contributed by atoms with van der Waals surface area (Å²) in [5.41, 5.74) is 2.48. The number of rotatable bonds is 5. The number of thioether (sulfide) groups is 1. The largest absolute Gasteiger partial charge is 0.361 e. The van der Waals surface area contributed by atoms with Gasteiger partial charge >= 0.3 is 0 Å². The monoisotopic (exact) mass is 294 g/mol. The molecule has 0 saturated carbocycles. The summed E-state index contributed by atoms with van der Waals surface area (Å²) in [6, 6.07) is 5.69. The molecule has 4 nitrogen and oxygen atoms in total. The van der Waals surface area contributed by atoms with Crippen LogP contribution < -0.4 is 5.32 Å². The van der Waals surface area contributed by atoms with Crippen molar-refractivity contribution in [2.24, 2.45) is 0 Å². The lowest BCUT2D eigenvalue weighted by molar-refractivity contribution is -0.113. The number of hydrogen-bond donors (Lipinski definition) is 1. The highest BCUT2D eigenvalue weighted by Gasteiger charge is 2.10. The van der Waals surface area contributed by atoms with E-state index in [4.69, 9.17) is 4.52 Å². The molecule has 1 aromatic carbocycles. The number of amides is 1. The maximum absolute atomic E-state index is 12.7. The minimum absolute atomic E-state index is 0.117. The molecule has 0 bridgehead atoms. The molecule has 6 heteroatoms. The molecular weight excluding hydrogens is 279 g/mol. The molecular formula is C14H15FN2O2S. The second-order valence-electron chi connectivity index (χ2n) is 4.35. The van der Waals surface area contributed by atoms with E-state index < -0.39 is 0 Å². The quantitative estimate of drug-likeness (QED) is 0.919. The summed E-state index contributed by atoms with van der Waals surface area (Å²) in [5, 5.41) is 6.58. The molecule has 0 saturated heterocycles. The molecule has 1 N–H and O–H groups in total. The third-order valence-corrected chi connectivity index (χ3v) is 3.75. The highest BCUT2D eigenvalue weighted by atomic mass is 32.2. The first-order valence-electron chi connectivity index (χ1n) is 6.11. The Balaban J connectivity index is 1.79. The molecule has 2 rings (SSSR count). The van der Waals surface area contributed by atoms with Crippen LogP contribution in [-0.4, -0.2) is 16.8 Å². The van der Waals surface area contributed by atoms with Gasteiger partial charge in [0.05, 0.1) is 11.4 Å². The van der Waals surface area contributed by atoms with E-state index in [1.54, 1.807) is 0 Å². The smallest absolute Gasteiger partial charge is 0.234 e. The highest BCUT2D eigenvalue weighted by molar-refractivity contribution is 7.99. The molecule has 1 amide bonds. The van der Waals surface area contributed by atoms with Crippen LogP contribution in [0.5, 0.6) is 0 Å². The molecule has 0 atom stereocenters. The van der Waals surface area contributed by atoms with Crippen molar-refractivity contribution in [1.82, 2.24) is 5.16 Å². The van der Waals surface area contributed by atoms with Gasteiger partial charge in [0.25, 0.3) is 0 Å². The number of anilines is 1. The zero-order valence-electron chi connectivity index (χ0n) is 11.3. The van der Waals surface area contributed by atoms with Crippen molar-refractivity contribution >= 4 is 23.4 Å². The van der Waals surface area contributed by atoms with E-state index in [9.17, 15) is 9.18 Å². The van der Waals surface area contributed by atoms with E-state index in [2.05, 4.69) is 10.5 Å². The van der Waals surface area contributed by atoms with E-state index in [0.717, 1.165) is 17.0 Å². The topological polar surface area (TPSA) is 55.1 Å². The maximum Gasteiger partial charge on any atom is 0.234 e. The number of aromatic nitrogens is 1. The van der Waals surface area contributed by atoms with Crippen molar-refractivity contribution in [3.05, 3.63) is 47.1 Å². The number of hydrogen-bond acceptors (Lipinski definition) is 4. The normalized spacial score (nSPS) is 10.6. The fourth-order valence-electron chi connectivity index (χ4n) is 1.68. The lowest BCUT2D eigenvalue weighted by Gasteiger charge is -2.05. The summed E-state index contributed by atoms with van der Waals surface area (Å²) < 4.78 is 17.8. The second kappa shape index (κ2) is 6.56. The van der Waals surface area contributed by atoms with Crippen LogP contribution in [0.25, 0.3) is 0 Å². The fourth-order valence-corrected chi connectivity index (χ4v) is 2.66. The Kier molecular flexibility index (Phi) is 4.79. The van der Waals surface area contributed by atoms with Gasteiger partial charge in [-0.25, -0.2) is 4.39 Å². The lowest BCUT2D eigenvalue weighted by atomic mass is 10.2. The molecule has 1 heterocycles. The van der Waals surface area contributed by atoms with Gasteiger partial charge in [-0.05, 0) is 38.1 Å². The van der Waals surface area contributed by atoms with Crippen LogP contribution in [0, 0.1) is 19.7 Å². The molecule has 20 heavy (non-hydrogen) atoms. The fraction of sp³-hybridized carbons (Fsp3) is 0.286. The molecule has 0 spiro atoms. The molecule has 0 unspecified atom stereocenters. The van der Waals surface area contributed by atoms with Gasteiger partial charge in [0.15, 0.2) is 0 Å². The Morgan fingerprint density at radius 2 is 2.05 bits per heavy atom. The number of benzene rings is 1. The van der Waals surface area contributed by atoms with Gasteiger partial charge in [-0.3, -0.25) is 4.79 Å². The van der Waals surface area contributed by atoms with Crippen molar-refractivity contribution in [3.63, 3.8) is 0 Å². The average molecular weight is 294 g/mol. The van der Waals surface area contributed by atoms with Crippen LogP contribution in [0.2, 0.25) is 0 Å². The van der Waals surface area contributed by atoms with Crippen LogP contribution in [-0.2, 0) is 10.5 Å². The van der Waals surface area contributed by atoms with Gasteiger partial charge in [0, 0.05) is 17.0 Å². The van der Waals surface area contributed by atoms with Gasteiger partial charge in [0.1, 0.15) is 11.6 Å². The molecule has 1 aromatic heterocycles. The van der Waals surface area contributed by atoms with Gasteiger partial charge < -0.3 is 9.84 Å². The van der Waals surface area contributed by atoms with Crippen molar-refractivity contribution in [2.45, 2.75) is 19.6 Å². The second-order valence-corrected chi connectivity index (χ2v) is 5.34. The number of nitrogens with zero attached hydrogens (tertiary/aromatic N) is 1. The van der Waals surface area contributed by atoms with E-state index >= 15 is 0 Å². The molecule has 0 aliphatic heterocycles. The summed E-state index contributed by atoms with van der Waals surface area (Å²) in [6.45, 7) is 3.74. The van der Waals surface area contributed by atoms with E-state index in [1.165, 1.54) is 36.0 Å². The number of carbonyl (C=O) groups is 1. The van der Waals surface area contributed by atoms with E-state index in [0.29, 0.717) is 17.2 Å². The summed E-state index contributed by atoms with van der Waals surface area (Å²) in [6.07, 6.45) is 0. The molecule has 0 aliphatic carbocycles. The third-order valence-electron chi connectivity index (χ3n) is 2.79. The van der Waals surface area contributed by atoms with Crippen LogP contribution in [0.1, 0.15) is 17.0 Å². The zero-order chi connectivity index (χ0) is 14.5. The Hall–Kier alpha value is -1.82. The Morgan fingerprint density at radius 3 is 2.65 bits per heavy atom. The number of halogens is 1. The number of carbonyl (C=O) groups excluding carboxylic acids is 1. The summed E-state index contributed by atoms with van der Waals surface area (Å²) in [5.74, 6) is 1.34. The van der Waals surface area contributed by atoms with Crippen molar-refractivity contribution < 1.29 is 13.7 Å². The Morgan fingerprint density at radius 1 is 1.35 bits per heavy atom. The maximum atomic E-state index is 12.7. The van der Waals surface area contributed by atoms with Gasteiger partial charge in [-0.2, -0.15) is 0 Å². The molecule has 2 aromatic rings. The van der Waals surface area contributed by atoms with Crippen molar-refractivity contribution in [2.75, 3.05) is 11.1 Å². The van der Waals surface area contributed by atoms with Crippen LogP contribution in [0.3, 0.4) is 0 Å². The van der Waals surface area contributed by atoms with Gasteiger partial charge in [-0.15, -0.1) is 11.8 Å². The standard InChI is InChI=1S/C14H15FN2O2S/c1-9-13(10(2)19-17-9)7-20-8-14(18)16-12-5-3-11(15)4-6-12/h3-6H,7-8H2,1-2H3,(H,16,18). The van der Waals surface area contributed by atoms with Crippen molar-refractivity contribution in [3.8, 4) is 0 Å². The summed E-state index contributed by atoms with van der Waals surface area (Å²) in [4.78, 5) is 11.7. The van der Waals surface area contributed by atoms with Crippen LogP contribution in [0.15, 0.2) is 28.8 Å². The van der Waals surface area contributed by atoms with Gasteiger partial charge in [-0.1, -0.05) is 5.16 Å². The summed E-state index contributed by atoms with van der Waals surface area (Å²) >= 11 is 1.48. The predicted molar refractivity (Wildman–Crippen MR) is 77.2 cm³/mol. The van der Waals surface area contributed by atoms with E-state index in [-0.39, 0.29) is 11.7 Å². The lowest BCUT2D eigenvalue weighted by Crippen LogP contribution is -2.14. The van der Waals surface area contributed by atoms with Crippen molar-refractivity contribution in [1.29, 1.82) is 0 Å². The number of aryl methyl sites for hydroxylation is 2. The number of nitrogens with one attached hydrogen (secondary N) is 1. The highest BCUT2D eigenvalue weighted by Crippen LogP contribution is 2.19.